The van der Waals surface area contributed by atoms with Crippen LogP contribution in [0.15, 0.2) is 34.6 Å². The van der Waals surface area contributed by atoms with Gasteiger partial charge in [-0.2, -0.15) is 4.98 Å². The van der Waals surface area contributed by atoms with Crippen molar-refractivity contribution in [3.8, 4) is 10.8 Å². The van der Waals surface area contributed by atoms with Crippen molar-refractivity contribution in [2.75, 3.05) is 0 Å². The number of imidazole rings is 1. The highest BCUT2D eigenvalue weighted by Crippen LogP contribution is 2.22. The van der Waals surface area contributed by atoms with E-state index in [1.165, 1.54) is 11.3 Å². The van der Waals surface area contributed by atoms with Gasteiger partial charge in [0.25, 0.3) is 5.89 Å². The van der Waals surface area contributed by atoms with Crippen molar-refractivity contribution in [3.05, 3.63) is 41.6 Å². The zero-order chi connectivity index (χ0) is 15.4. The standard InChI is InChI=1S/C13H14N6O2S/c14-9(4-8-5-15-7-17-8)12(20)16-6-11-18-13(21-19-11)10-2-1-3-22-10/h1-3,5,7,9H,4,6,14H2,(H,15,17)(H,16,20). The van der Waals surface area contributed by atoms with Gasteiger partial charge in [0, 0.05) is 18.3 Å². The third kappa shape index (κ3) is 3.38. The molecule has 3 rings (SSSR count). The number of carbonyl (C=O) groups excluding carboxylic acids is 1. The molecule has 0 spiro atoms. The lowest BCUT2D eigenvalue weighted by atomic mass is 10.1. The Morgan fingerprint density at radius 3 is 3.18 bits per heavy atom. The van der Waals surface area contributed by atoms with Crippen LogP contribution in [0.3, 0.4) is 0 Å². The first-order chi connectivity index (χ1) is 10.7. The third-order valence-electron chi connectivity index (χ3n) is 2.95. The number of nitrogens with zero attached hydrogens (tertiary/aromatic N) is 3. The van der Waals surface area contributed by atoms with Gasteiger partial charge >= 0.3 is 0 Å². The minimum atomic E-state index is -0.663. The Labute approximate surface area is 129 Å². The molecule has 8 nitrogen and oxygen atoms in total. The number of nitrogens with one attached hydrogen (secondary N) is 2. The number of nitrogens with two attached hydrogens (primary N) is 1. The fourth-order valence-corrected chi connectivity index (χ4v) is 2.49. The molecule has 0 saturated heterocycles. The number of H-pyrrole nitrogens is 1. The van der Waals surface area contributed by atoms with Gasteiger partial charge in [-0.1, -0.05) is 11.2 Å². The fourth-order valence-electron chi connectivity index (χ4n) is 1.85. The van der Waals surface area contributed by atoms with Gasteiger partial charge in [0.05, 0.1) is 23.8 Å². The Balaban J connectivity index is 1.52. The van der Waals surface area contributed by atoms with Gasteiger partial charge in [-0.15, -0.1) is 11.3 Å². The van der Waals surface area contributed by atoms with Crippen LogP contribution < -0.4 is 11.1 Å². The van der Waals surface area contributed by atoms with E-state index in [9.17, 15) is 4.79 Å². The molecular formula is C13H14N6O2S. The molecule has 1 unspecified atom stereocenters. The molecule has 4 N–H and O–H groups in total. The maximum absolute atomic E-state index is 11.9. The normalized spacial score (nSPS) is 12.2. The molecule has 0 bridgehead atoms. The van der Waals surface area contributed by atoms with Gasteiger partial charge in [0.15, 0.2) is 5.82 Å². The van der Waals surface area contributed by atoms with Gasteiger partial charge < -0.3 is 20.6 Å². The molecule has 3 aromatic heterocycles. The lowest BCUT2D eigenvalue weighted by molar-refractivity contribution is -0.122. The van der Waals surface area contributed by atoms with Crippen LogP contribution >= 0.6 is 11.3 Å². The average molecular weight is 318 g/mol. The summed E-state index contributed by atoms with van der Waals surface area (Å²) in [5.74, 6) is 0.573. The van der Waals surface area contributed by atoms with E-state index in [1.807, 2.05) is 17.5 Å². The Kier molecular flexibility index (Phi) is 4.26. The first kappa shape index (κ1) is 14.4. The van der Waals surface area contributed by atoms with Crippen LogP contribution in [-0.4, -0.2) is 32.1 Å². The monoisotopic (exact) mass is 318 g/mol. The maximum Gasteiger partial charge on any atom is 0.268 e. The lowest BCUT2D eigenvalue weighted by Gasteiger charge is -2.09. The molecule has 0 radical (unpaired) electrons. The van der Waals surface area contributed by atoms with Crippen molar-refractivity contribution in [2.45, 2.75) is 19.0 Å². The molecule has 9 heteroatoms. The predicted octanol–water partition coefficient (Wildman–Crippen LogP) is 0.707. The fraction of sp³-hybridized carbons (Fsp3) is 0.231. The van der Waals surface area contributed by atoms with Crippen molar-refractivity contribution >= 4 is 17.2 Å². The molecule has 0 aliphatic rings. The molecule has 1 atom stereocenters. The number of amides is 1. The van der Waals surface area contributed by atoms with Crippen LogP contribution in [0.1, 0.15) is 11.5 Å². The SMILES string of the molecule is NC(Cc1cnc[nH]1)C(=O)NCc1noc(-c2cccs2)n1. The summed E-state index contributed by atoms with van der Waals surface area (Å²) in [5, 5.41) is 8.44. The van der Waals surface area contributed by atoms with E-state index in [2.05, 4.69) is 25.4 Å². The van der Waals surface area contributed by atoms with E-state index < -0.39 is 6.04 Å². The van der Waals surface area contributed by atoms with E-state index in [4.69, 9.17) is 10.3 Å². The summed E-state index contributed by atoms with van der Waals surface area (Å²) < 4.78 is 5.14. The highest BCUT2D eigenvalue weighted by Gasteiger charge is 2.16. The third-order valence-corrected chi connectivity index (χ3v) is 3.81. The summed E-state index contributed by atoms with van der Waals surface area (Å²) in [7, 11) is 0. The van der Waals surface area contributed by atoms with Gasteiger partial charge in [-0.05, 0) is 11.4 Å². The first-order valence-electron chi connectivity index (χ1n) is 6.59. The van der Waals surface area contributed by atoms with Gasteiger partial charge in [0.1, 0.15) is 0 Å². The second-order valence-electron chi connectivity index (χ2n) is 4.60. The Hall–Kier alpha value is -2.52. The van der Waals surface area contributed by atoms with E-state index in [-0.39, 0.29) is 12.5 Å². The van der Waals surface area contributed by atoms with Gasteiger partial charge in [-0.3, -0.25) is 4.79 Å². The Morgan fingerprint density at radius 2 is 2.45 bits per heavy atom. The van der Waals surface area contributed by atoms with Crippen LogP contribution in [0.25, 0.3) is 10.8 Å². The largest absolute Gasteiger partial charge is 0.348 e. The summed E-state index contributed by atoms with van der Waals surface area (Å²) >= 11 is 1.51. The number of rotatable bonds is 6. The van der Waals surface area contributed by atoms with Crippen LogP contribution in [0.2, 0.25) is 0 Å². The van der Waals surface area contributed by atoms with Crippen molar-refractivity contribution in [2.24, 2.45) is 5.73 Å². The van der Waals surface area contributed by atoms with Crippen LogP contribution in [0, 0.1) is 0 Å². The summed E-state index contributed by atoms with van der Waals surface area (Å²) in [6.45, 7) is 0.171. The Morgan fingerprint density at radius 1 is 1.55 bits per heavy atom. The number of aromatic nitrogens is 4. The molecule has 0 fully saturated rings. The molecule has 22 heavy (non-hydrogen) atoms. The minimum Gasteiger partial charge on any atom is -0.348 e. The quantitative estimate of drug-likeness (QED) is 0.615. The molecular weight excluding hydrogens is 304 g/mol. The van der Waals surface area contributed by atoms with E-state index in [0.717, 1.165) is 10.6 Å². The molecule has 3 aromatic rings. The lowest BCUT2D eigenvalue weighted by Crippen LogP contribution is -2.41. The van der Waals surface area contributed by atoms with Gasteiger partial charge in [0.2, 0.25) is 5.91 Å². The minimum absolute atomic E-state index is 0.171. The first-order valence-corrected chi connectivity index (χ1v) is 7.47. The summed E-state index contributed by atoms with van der Waals surface area (Å²) in [6.07, 6.45) is 3.57. The second kappa shape index (κ2) is 6.50. The van der Waals surface area contributed by atoms with Crippen LogP contribution in [-0.2, 0) is 17.8 Å². The topological polar surface area (TPSA) is 123 Å². The van der Waals surface area contributed by atoms with Gasteiger partial charge in [-0.25, -0.2) is 4.98 Å². The number of thiophene rings is 1. The van der Waals surface area contributed by atoms with Crippen LogP contribution in [0.5, 0.6) is 0 Å². The number of carbonyl (C=O) groups is 1. The summed E-state index contributed by atoms with van der Waals surface area (Å²) in [4.78, 5) is 23.8. The molecule has 0 aliphatic carbocycles. The van der Waals surface area contributed by atoms with Crippen molar-refractivity contribution in [1.82, 2.24) is 25.4 Å². The molecule has 0 aromatic carbocycles. The van der Waals surface area contributed by atoms with Crippen LogP contribution in [0.4, 0.5) is 0 Å². The molecule has 114 valence electrons. The Bertz CT molecular complexity index is 722. The van der Waals surface area contributed by atoms with E-state index in [0.29, 0.717) is 18.1 Å². The molecule has 3 heterocycles. The average Bonchev–Trinajstić information content (AvgIpc) is 3.25. The van der Waals surface area contributed by atoms with E-state index >= 15 is 0 Å². The smallest absolute Gasteiger partial charge is 0.268 e. The molecule has 0 aliphatic heterocycles. The van der Waals surface area contributed by atoms with Crippen molar-refractivity contribution in [1.29, 1.82) is 0 Å². The number of aromatic amines is 1. The highest BCUT2D eigenvalue weighted by atomic mass is 32.1. The predicted molar refractivity (Wildman–Crippen MR) is 79.7 cm³/mol. The maximum atomic E-state index is 11.9. The number of hydrogen-bond acceptors (Lipinski definition) is 7. The highest BCUT2D eigenvalue weighted by molar-refractivity contribution is 7.13. The van der Waals surface area contributed by atoms with E-state index in [1.54, 1.807) is 12.5 Å². The molecule has 0 saturated carbocycles. The van der Waals surface area contributed by atoms with Crippen molar-refractivity contribution in [3.63, 3.8) is 0 Å². The number of hydrogen-bond donors (Lipinski definition) is 3. The molecule has 1 amide bonds. The zero-order valence-electron chi connectivity index (χ0n) is 11.5. The zero-order valence-corrected chi connectivity index (χ0v) is 12.3. The second-order valence-corrected chi connectivity index (χ2v) is 5.55. The summed E-state index contributed by atoms with van der Waals surface area (Å²) in [5.41, 5.74) is 6.64. The van der Waals surface area contributed by atoms with Crippen molar-refractivity contribution < 1.29 is 9.32 Å². The summed E-state index contributed by atoms with van der Waals surface area (Å²) in [6, 6.07) is 3.13.